The predicted octanol–water partition coefficient (Wildman–Crippen LogP) is 3.27. The summed E-state index contributed by atoms with van der Waals surface area (Å²) >= 11 is 0. The van der Waals surface area contributed by atoms with Gasteiger partial charge in [-0.25, -0.2) is 0 Å². The standard InChI is InChI=1S/C16H22O3/c17-14-8-7-12-13(16(14)19)6-5-11(15(12)18)9-10-3-1-2-4-10/h7-8,10-11,15,17-19H,1-6,9H2/t11-,15-/m1/s1. The quantitative estimate of drug-likeness (QED) is 0.717. The van der Waals surface area contributed by atoms with Gasteiger partial charge in [0, 0.05) is 5.56 Å². The van der Waals surface area contributed by atoms with Gasteiger partial charge in [-0.05, 0) is 42.7 Å². The van der Waals surface area contributed by atoms with Crippen LogP contribution in [0, 0.1) is 11.8 Å². The Labute approximate surface area is 113 Å². The Morgan fingerprint density at radius 2 is 1.79 bits per heavy atom. The first-order valence-corrected chi connectivity index (χ1v) is 7.38. The van der Waals surface area contributed by atoms with Gasteiger partial charge in [0.25, 0.3) is 0 Å². The maximum Gasteiger partial charge on any atom is 0.161 e. The molecule has 3 nitrogen and oxygen atoms in total. The van der Waals surface area contributed by atoms with Gasteiger partial charge in [-0.1, -0.05) is 31.7 Å². The monoisotopic (exact) mass is 262 g/mol. The van der Waals surface area contributed by atoms with Crippen LogP contribution < -0.4 is 0 Å². The molecule has 3 rings (SSSR count). The van der Waals surface area contributed by atoms with Crippen LogP contribution in [0.25, 0.3) is 0 Å². The highest BCUT2D eigenvalue weighted by molar-refractivity contribution is 5.50. The Morgan fingerprint density at radius 1 is 1.05 bits per heavy atom. The van der Waals surface area contributed by atoms with Crippen molar-refractivity contribution in [1.29, 1.82) is 0 Å². The summed E-state index contributed by atoms with van der Waals surface area (Å²) in [6.07, 6.45) is 7.54. The summed E-state index contributed by atoms with van der Waals surface area (Å²) in [5, 5.41) is 29.9. The van der Waals surface area contributed by atoms with Gasteiger partial charge >= 0.3 is 0 Å². The Balaban J connectivity index is 1.79. The molecule has 0 heterocycles. The number of phenolic OH excluding ortho intramolecular Hbond substituents is 2. The highest BCUT2D eigenvalue weighted by Crippen LogP contribution is 2.45. The van der Waals surface area contributed by atoms with Crippen LogP contribution in [0.3, 0.4) is 0 Å². The molecule has 0 unspecified atom stereocenters. The molecule has 1 aromatic rings. The molecule has 0 radical (unpaired) electrons. The molecule has 0 saturated heterocycles. The molecular weight excluding hydrogens is 240 g/mol. The van der Waals surface area contributed by atoms with Crippen LogP contribution in [0.1, 0.15) is 55.8 Å². The van der Waals surface area contributed by atoms with Crippen LogP contribution in [0.2, 0.25) is 0 Å². The van der Waals surface area contributed by atoms with Crippen molar-refractivity contribution in [3.05, 3.63) is 23.3 Å². The molecule has 2 atom stereocenters. The molecule has 1 saturated carbocycles. The molecule has 19 heavy (non-hydrogen) atoms. The molecule has 1 fully saturated rings. The van der Waals surface area contributed by atoms with Crippen LogP contribution in [0.4, 0.5) is 0 Å². The second-order valence-electron chi connectivity index (χ2n) is 6.13. The molecule has 3 heteroatoms. The van der Waals surface area contributed by atoms with Crippen molar-refractivity contribution in [2.75, 3.05) is 0 Å². The van der Waals surface area contributed by atoms with Crippen LogP contribution >= 0.6 is 0 Å². The van der Waals surface area contributed by atoms with Gasteiger partial charge in [0.1, 0.15) is 0 Å². The maximum absolute atomic E-state index is 10.5. The average Bonchev–Trinajstić information content (AvgIpc) is 2.90. The zero-order valence-corrected chi connectivity index (χ0v) is 11.2. The van der Waals surface area contributed by atoms with Crippen molar-refractivity contribution >= 4 is 0 Å². The number of hydrogen-bond acceptors (Lipinski definition) is 3. The van der Waals surface area contributed by atoms with E-state index >= 15 is 0 Å². The third-order valence-electron chi connectivity index (χ3n) is 4.94. The minimum atomic E-state index is -0.490. The van der Waals surface area contributed by atoms with Crippen LogP contribution in [-0.4, -0.2) is 15.3 Å². The van der Waals surface area contributed by atoms with Crippen LogP contribution in [0.15, 0.2) is 12.1 Å². The minimum absolute atomic E-state index is 0.0455. The molecule has 0 aromatic heterocycles. The third-order valence-corrected chi connectivity index (χ3v) is 4.94. The van der Waals surface area contributed by atoms with E-state index < -0.39 is 6.10 Å². The summed E-state index contributed by atoms with van der Waals surface area (Å²) in [6, 6.07) is 3.24. The first kappa shape index (κ1) is 12.8. The van der Waals surface area contributed by atoms with Gasteiger partial charge in [0.15, 0.2) is 11.5 Å². The Hall–Kier alpha value is -1.22. The fourth-order valence-corrected chi connectivity index (χ4v) is 3.84. The summed E-state index contributed by atoms with van der Waals surface area (Å²) < 4.78 is 0. The van der Waals surface area contributed by atoms with Gasteiger partial charge in [0.2, 0.25) is 0 Å². The first-order chi connectivity index (χ1) is 9.16. The molecule has 3 N–H and O–H groups in total. The van der Waals surface area contributed by atoms with Crippen molar-refractivity contribution in [2.24, 2.45) is 11.8 Å². The second-order valence-corrected chi connectivity index (χ2v) is 6.13. The van der Waals surface area contributed by atoms with Crippen molar-refractivity contribution < 1.29 is 15.3 Å². The molecule has 1 aromatic carbocycles. The lowest BCUT2D eigenvalue weighted by atomic mass is 9.76. The number of aromatic hydroxyl groups is 2. The van der Waals surface area contributed by atoms with Crippen LogP contribution in [0.5, 0.6) is 11.5 Å². The van der Waals surface area contributed by atoms with Crippen molar-refractivity contribution in [1.82, 2.24) is 0 Å². The highest BCUT2D eigenvalue weighted by atomic mass is 16.3. The molecule has 0 bridgehead atoms. The van der Waals surface area contributed by atoms with Crippen molar-refractivity contribution in [2.45, 2.75) is 51.0 Å². The summed E-state index contributed by atoms with van der Waals surface area (Å²) in [5.41, 5.74) is 1.54. The van der Waals surface area contributed by atoms with E-state index in [9.17, 15) is 15.3 Å². The van der Waals surface area contributed by atoms with Crippen molar-refractivity contribution in [3.63, 3.8) is 0 Å². The largest absolute Gasteiger partial charge is 0.504 e. The lowest BCUT2D eigenvalue weighted by Gasteiger charge is -2.32. The number of aliphatic hydroxyl groups is 1. The van der Waals surface area contributed by atoms with Crippen LogP contribution in [-0.2, 0) is 6.42 Å². The molecule has 2 aliphatic rings. The Kier molecular flexibility index (Phi) is 3.40. The smallest absolute Gasteiger partial charge is 0.161 e. The van der Waals surface area contributed by atoms with E-state index in [1.54, 1.807) is 6.07 Å². The van der Waals surface area contributed by atoms with Gasteiger partial charge in [-0.2, -0.15) is 0 Å². The molecule has 104 valence electrons. The Morgan fingerprint density at radius 3 is 2.53 bits per heavy atom. The van der Waals surface area contributed by atoms with Gasteiger partial charge in [-0.3, -0.25) is 0 Å². The SMILES string of the molecule is Oc1ccc2c(c1O)CC[C@H](CC1CCCC1)[C@H]2O. The fourth-order valence-electron chi connectivity index (χ4n) is 3.84. The number of hydrogen-bond donors (Lipinski definition) is 3. The number of fused-ring (bicyclic) bond motifs is 1. The van der Waals surface area contributed by atoms with E-state index in [4.69, 9.17) is 0 Å². The van der Waals surface area contributed by atoms with E-state index in [1.807, 2.05) is 0 Å². The van der Waals surface area contributed by atoms with Gasteiger partial charge in [0.05, 0.1) is 6.10 Å². The molecule has 2 aliphatic carbocycles. The highest BCUT2D eigenvalue weighted by Gasteiger charge is 2.32. The van der Waals surface area contributed by atoms with E-state index in [0.717, 1.165) is 36.3 Å². The van der Waals surface area contributed by atoms with Crippen molar-refractivity contribution in [3.8, 4) is 11.5 Å². The topological polar surface area (TPSA) is 60.7 Å². The van der Waals surface area contributed by atoms with E-state index in [-0.39, 0.29) is 11.5 Å². The van der Waals surface area contributed by atoms with E-state index in [2.05, 4.69) is 0 Å². The number of phenols is 2. The summed E-state index contributed by atoms with van der Waals surface area (Å²) in [5.74, 6) is 0.947. The number of rotatable bonds is 2. The normalized spacial score (nSPS) is 27.4. The summed E-state index contributed by atoms with van der Waals surface area (Å²) in [4.78, 5) is 0. The third kappa shape index (κ3) is 2.32. The zero-order chi connectivity index (χ0) is 13.4. The summed E-state index contributed by atoms with van der Waals surface area (Å²) in [7, 11) is 0. The molecule has 0 spiro atoms. The average molecular weight is 262 g/mol. The van der Waals surface area contributed by atoms with Gasteiger partial charge in [-0.15, -0.1) is 0 Å². The maximum atomic E-state index is 10.5. The lowest BCUT2D eigenvalue weighted by Crippen LogP contribution is -2.22. The van der Waals surface area contributed by atoms with Gasteiger partial charge < -0.3 is 15.3 Å². The molecule has 0 amide bonds. The fraction of sp³-hybridized carbons (Fsp3) is 0.625. The zero-order valence-electron chi connectivity index (χ0n) is 11.2. The second kappa shape index (κ2) is 5.04. The van der Waals surface area contributed by atoms with E-state index in [0.29, 0.717) is 5.92 Å². The number of aliphatic hydroxyl groups excluding tert-OH is 1. The number of benzene rings is 1. The molecular formula is C16H22O3. The first-order valence-electron chi connectivity index (χ1n) is 7.38. The lowest BCUT2D eigenvalue weighted by molar-refractivity contribution is 0.0776. The minimum Gasteiger partial charge on any atom is -0.504 e. The summed E-state index contributed by atoms with van der Waals surface area (Å²) in [6.45, 7) is 0. The predicted molar refractivity (Wildman–Crippen MR) is 73.1 cm³/mol. The Bertz CT molecular complexity index is 463. The molecule has 0 aliphatic heterocycles. The van der Waals surface area contributed by atoms with E-state index in [1.165, 1.54) is 31.7 Å².